The van der Waals surface area contributed by atoms with Crippen LogP contribution in [0.4, 0.5) is 0 Å². The highest BCUT2D eigenvalue weighted by Gasteiger charge is 2.23. The minimum absolute atomic E-state index is 0.0348. The summed E-state index contributed by atoms with van der Waals surface area (Å²) < 4.78 is 5.30. The first kappa shape index (κ1) is 13.5. The van der Waals surface area contributed by atoms with Gasteiger partial charge < -0.3 is 10.1 Å². The van der Waals surface area contributed by atoms with Crippen LogP contribution in [0.25, 0.3) is 0 Å². The van der Waals surface area contributed by atoms with Crippen LogP contribution >= 0.6 is 0 Å². The minimum Gasteiger partial charge on any atom is -0.463 e. The van der Waals surface area contributed by atoms with Crippen molar-refractivity contribution in [1.29, 1.82) is 0 Å². The van der Waals surface area contributed by atoms with Crippen molar-refractivity contribution in [2.45, 2.75) is 52.6 Å². The average Bonchev–Trinajstić information content (AvgIpc) is 2.29. The molecule has 1 rings (SSSR count). The van der Waals surface area contributed by atoms with E-state index in [0.29, 0.717) is 18.3 Å². The van der Waals surface area contributed by atoms with Crippen molar-refractivity contribution in [3.8, 4) is 0 Å². The van der Waals surface area contributed by atoms with Crippen molar-refractivity contribution in [3.63, 3.8) is 0 Å². The number of hydrogen-bond acceptors (Lipinski definition) is 3. The van der Waals surface area contributed by atoms with E-state index in [2.05, 4.69) is 12.2 Å². The lowest BCUT2D eigenvalue weighted by Gasteiger charge is -2.28. The topological polar surface area (TPSA) is 38.3 Å². The first-order valence-electron chi connectivity index (χ1n) is 6.53. The predicted octanol–water partition coefficient (Wildman–Crippen LogP) is 2.35. The van der Waals surface area contributed by atoms with E-state index in [4.69, 9.17) is 4.74 Å². The molecule has 3 unspecified atom stereocenters. The number of carbonyl (C=O) groups excluding carboxylic acids is 1. The second-order valence-corrected chi connectivity index (χ2v) is 5.00. The third-order valence-electron chi connectivity index (χ3n) is 3.54. The van der Waals surface area contributed by atoms with Gasteiger partial charge in [-0.15, -0.1) is 0 Å². The maximum absolute atomic E-state index is 11.6. The van der Waals surface area contributed by atoms with E-state index in [9.17, 15) is 4.79 Å². The highest BCUT2D eigenvalue weighted by molar-refractivity contribution is 5.69. The molecule has 0 aliphatic carbocycles. The summed E-state index contributed by atoms with van der Waals surface area (Å²) in [7, 11) is 0. The van der Waals surface area contributed by atoms with Crippen LogP contribution in [-0.4, -0.2) is 25.2 Å². The number of nitrogens with one attached hydrogen (secondary N) is 1. The Morgan fingerprint density at radius 1 is 1.50 bits per heavy atom. The molecule has 3 atom stereocenters. The molecule has 3 heteroatoms. The Hall–Kier alpha value is -0.570. The molecule has 0 radical (unpaired) electrons. The maximum Gasteiger partial charge on any atom is 0.306 e. The molecule has 0 spiro atoms. The quantitative estimate of drug-likeness (QED) is 0.733. The molecule has 1 fully saturated rings. The van der Waals surface area contributed by atoms with Gasteiger partial charge >= 0.3 is 5.97 Å². The largest absolute Gasteiger partial charge is 0.463 e. The standard InChI is InChI=1S/C13H25NO2/c1-4-11(3)16-13(15)8-10(2)12-6-5-7-14-9-12/h10-12,14H,4-9H2,1-3H3. The molecular weight excluding hydrogens is 202 g/mol. The summed E-state index contributed by atoms with van der Waals surface area (Å²) in [5.74, 6) is 1.04. The third-order valence-corrected chi connectivity index (χ3v) is 3.54. The molecule has 1 N–H and O–H groups in total. The minimum atomic E-state index is -0.0348. The van der Waals surface area contributed by atoms with E-state index >= 15 is 0 Å². The SMILES string of the molecule is CCC(C)OC(=O)CC(C)C1CCCNC1. The van der Waals surface area contributed by atoms with Crippen molar-refractivity contribution in [2.75, 3.05) is 13.1 Å². The van der Waals surface area contributed by atoms with Gasteiger partial charge in [-0.1, -0.05) is 13.8 Å². The Kier molecular flexibility index (Phi) is 5.81. The Morgan fingerprint density at radius 2 is 2.25 bits per heavy atom. The smallest absolute Gasteiger partial charge is 0.306 e. The van der Waals surface area contributed by atoms with Gasteiger partial charge in [0.15, 0.2) is 0 Å². The predicted molar refractivity (Wildman–Crippen MR) is 65.2 cm³/mol. The number of piperidine rings is 1. The van der Waals surface area contributed by atoms with E-state index in [0.717, 1.165) is 19.5 Å². The zero-order chi connectivity index (χ0) is 12.0. The van der Waals surface area contributed by atoms with E-state index in [1.54, 1.807) is 0 Å². The van der Waals surface area contributed by atoms with Crippen molar-refractivity contribution >= 4 is 5.97 Å². The van der Waals surface area contributed by atoms with Gasteiger partial charge in [0.05, 0.1) is 6.10 Å². The van der Waals surface area contributed by atoms with E-state index in [-0.39, 0.29) is 12.1 Å². The number of ether oxygens (including phenoxy) is 1. The van der Waals surface area contributed by atoms with Gasteiger partial charge in [0, 0.05) is 6.42 Å². The molecule has 0 bridgehead atoms. The molecule has 1 aliphatic rings. The van der Waals surface area contributed by atoms with Crippen LogP contribution in [0.5, 0.6) is 0 Å². The van der Waals surface area contributed by atoms with Crippen molar-refractivity contribution in [2.24, 2.45) is 11.8 Å². The Bertz CT molecular complexity index is 212. The molecular formula is C13H25NO2. The number of carbonyl (C=O) groups is 1. The van der Waals surface area contributed by atoms with Crippen LogP contribution in [0.3, 0.4) is 0 Å². The van der Waals surface area contributed by atoms with E-state index in [1.807, 2.05) is 13.8 Å². The van der Waals surface area contributed by atoms with E-state index in [1.165, 1.54) is 12.8 Å². The fourth-order valence-electron chi connectivity index (χ4n) is 2.15. The van der Waals surface area contributed by atoms with Gasteiger partial charge in [0.25, 0.3) is 0 Å². The molecule has 1 heterocycles. The fourth-order valence-corrected chi connectivity index (χ4v) is 2.15. The van der Waals surface area contributed by atoms with Gasteiger partial charge in [-0.2, -0.15) is 0 Å². The molecule has 0 amide bonds. The molecule has 1 saturated heterocycles. The summed E-state index contributed by atoms with van der Waals surface area (Å²) in [5.41, 5.74) is 0. The summed E-state index contributed by atoms with van der Waals surface area (Å²) in [6.07, 6.45) is 3.99. The average molecular weight is 227 g/mol. The zero-order valence-electron chi connectivity index (χ0n) is 10.8. The number of esters is 1. The summed E-state index contributed by atoms with van der Waals surface area (Å²) >= 11 is 0. The number of hydrogen-bond donors (Lipinski definition) is 1. The van der Waals surface area contributed by atoms with Crippen molar-refractivity contribution < 1.29 is 9.53 Å². The first-order valence-corrected chi connectivity index (χ1v) is 6.53. The van der Waals surface area contributed by atoms with Gasteiger partial charge in [-0.25, -0.2) is 0 Å². The van der Waals surface area contributed by atoms with Crippen LogP contribution in [0.2, 0.25) is 0 Å². The van der Waals surface area contributed by atoms with Crippen LogP contribution in [0, 0.1) is 11.8 Å². The third kappa shape index (κ3) is 4.52. The highest BCUT2D eigenvalue weighted by Crippen LogP contribution is 2.23. The lowest BCUT2D eigenvalue weighted by molar-refractivity contribution is -0.149. The maximum atomic E-state index is 11.6. The second kappa shape index (κ2) is 6.89. The van der Waals surface area contributed by atoms with Crippen LogP contribution < -0.4 is 5.32 Å². The monoisotopic (exact) mass is 227 g/mol. The molecule has 0 aromatic heterocycles. The van der Waals surface area contributed by atoms with Crippen LogP contribution in [0.15, 0.2) is 0 Å². The summed E-state index contributed by atoms with van der Waals surface area (Å²) in [4.78, 5) is 11.6. The summed E-state index contributed by atoms with van der Waals surface area (Å²) in [6, 6.07) is 0. The Labute approximate surface area is 98.9 Å². The van der Waals surface area contributed by atoms with Gasteiger partial charge in [0.2, 0.25) is 0 Å². The van der Waals surface area contributed by atoms with Crippen molar-refractivity contribution in [3.05, 3.63) is 0 Å². The van der Waals surface area contributed by atoms with Crippen molar-refractivity contribution in [1.82, 2.24) is 5.32 Å². The molecule has 16 heavy (non-hydrogen) atoms. The molecule has 94 valence electrons. The van der Waals surface area contributed by atoms with Gasteiger partial charge in [0.1, 0.15) is 0 Å². The molecule has 1 aliphatic heterocycles. The normalized spacial score (nSPS) is 24.8. The lowest BCUT2D eigenvalue weighted by atomic mass is 9.85. The fraction of sp³-hybridized carbons (Fsp3) is 0.923. The van der Waals surface area contributed by atoms with Gasteiger partial charge in [-0.05, 0) is 51.1 Å². The summed E-state index contributed by atoms with van der Waals surface area (Å²) in [5, 5.41) is 3.39. The summed E-state index contributed by atoms with van der Waals surface area (Å²) in [6.45, 7) is 8.32. The zero-order valence-corrected chi connectivity index (χ0v) is 10.8. The van der Waals surface area contributed by atoms with Crippen LogP contribution in [-0.2, 0) is 9.53 Å². The Morgan fingerprint density at radius 3 is 2.81 bits per heavy atom. The second-order valence-electron chi connectivity index (χ2n) is 5.00. The Balaban J connectivity index is 2.26. The molecule has 0 aromatic carbocycles. The van der Waals surface area contributed by atoms with Crippen LogP contribution in [0.1, 0.15) is 46.5 Å². The highest BCUT2D eigenvalue weighted by atomic mass is 16.5. The molecule has 0 saturated carbocycles. The van der Waals surface area contributed by atoms with Gasteiger partial charge in [-0.3, -0.25) is 4.79 Å². The molecule has 0 aromatic rings. The molecule has 3 nitrogen and oxygen atoms in total. The number of rotatable bonds is 5. The first-order chi connectivity index (χ1) is 7.63. The van der Waals surface area contributed by atoms with E-state index < -0.39 is 0 Å². The lowest BCUT2D eigenvalue weighted by Crippen LogP contribution is -2.34.